The van der Waals surface area contributed by atoms with Gasteiger partial charge in [0.15, 0.2) is 0 Å². The summed E-state index contributed by atoms with van der Waals surface area (Å²) in [4.78, 5) is 0. The molecule has 11 rings (SSSR count). The summed E-state index contributed by atoms with van der Waals surface area (Å²) in [6, 6.07) is 67.2. The number of benzene rings is 9. The molecule has 0 aliphatic carbocycles. The molecule has 0 radical (unpaired) electrons. The standard InChI is InChI=1S/C52H36N2/c1-53-46-28-10-8-20-42(46)51-38(26-14-30-48(51)53)35-22-12-24-40-44(35)32-45-36(39-27-15-31-49-52(39)43-21-9-11-29-47(43)54(49)2)23-13-25-41(45)50(40)37-19-7-6-18-34(37)33-16-4-3-5-17-33/h3-32H,1-2H3. The molecule has 2 heteroatoms. The van der Waals surface area contributed by atoms with Gasteiger partial charge in [-0.1, -0.05) is 152 Å². The van der Waals surface area contributed by atoms with Crippen molar-refractivity contribution in [2.45, 2.75) is 0 Å². The molecule has 54 heavy (non-hydrogen) atoms. The average Bonchev–Trinajstić information content (AvgIpc) is 3.70. The van der Waals surface area contributed by atoms with Gasteiger partial charge in [-0.05, 0) is 96.4 Å². The van der Waals surface area contributed by atoms with E-state index >= 15 is 0 Å². The molecule has 2 nitrogen and oxygen atoms in total. The molecule has 0 unspecified atom stereocenters. The third-order valence-corrected chi connectivity index (χ3v) is 11.8. The minimum atomic E-state index is 1.21. The van der Waals surface area contributed by atoms with E-state index in [0.29, 0.717) is 0 Å². The van der Waals surface area contributed by atoms with Crippen molar-refractivity contribution in [2.75, 3.05) is 0 Å². The Kier molecular flexibility index (Phi) is 6.72. The van der Waals surface area contributed by atoms with Gasteiger partial charge < -0.3 is 9.13 Å². The SMILES string of the molecule is Cn1c2ccccc2c2c(-c3cccc4c(-c5ccccc5-c5ccccc5)c5cccc(-c6cccc7c6c6ccccc6n7C)c5cc34)cccc21. The van der Waals surface area contributed by atoms with Crippen molar-refractivity contribution >= 4 is 65.2 Å². The second kappa shape index (κ2) is 11.8. The summed E-state index contributed by atoms with van der Waals surface area (Å²) in [5.74, 6) is 0. The van der Waals surface area contributed by atoms with Crippen LogP contribution in [0.4, 0.5) is 0 Å². The Morgan fingerprint density at radius 2 is 0.667 bits per heavy atom. The summed E-state index contributed by atoms with van der Waals surface area (Å²) in [7, 11) is 4.37. The highest BCUT2D eigenvalue weighted by molar-refractivity contribution is 6.25. The molecule has 0 amide bonds. The molecule has 254 valence electrons. The van der Waals surface area contributed by atoms with Crippen LogP contribution in [0.15, 0.2) is 182 Å². The molecule has 0 aliphatic heterocycles. The molecule has 0 saturated heterocycles. The van der Waals surface area contributed by atoms with E-state index in [9.17, 15) is 0 Å². The first-order chi connectivity index (χ1) is 26.7. The molecule has 9 aromatic carbocycles. The van der Waals surface area contributed by atoms with E-state index in [1.807, 2.05) is 0 Å². The minimum Gasteiger partial charge on any atom is -0.344 e. The van der Waals surface area contributed by atoms with Gasteiger partial charge in [-0.3, -0.25) is 0 Å². The first kappa shape index (κ1) is 30.7. The van der Waals surface area contributed by atoms with Gasteiger partial charge in [0.25, 0.3) is 0 Å². The Morgan fingerprint density at radius 1 is 0.278 bits per heavy atom. The van der Waals surface area contributed by atoms with Crippen molar-refractivity contribution < 1.29 is 0 Å². The van der Waals surface area contributed by atoms with Crippen LogP contribution in [0.25, 0.3) is 110 Å². The van der Waals surface area contributed by atoms with Crippen molar-refractivity contribution in [1.29, 1.82) is 0 Å². The van der Waals surface area contributed by atoms with Crippen molar-refractivity contribution in [3.8, 4) is 44.5 Å². The molecule has 0 bridgehead atoms. The largest absolute Gasteiger partial charge is 0.344 e. The number of aromatic nitrogens is 2. The maximum atomic E-state index is 2.48. The van der Waals surface area contributed by atoms with E-state index in [4.69, 9.17) is 0 Å². The lowest BCUT2D eigenvalue weighted by atomic mass is 9.83. The summed E-state index contributed by atoms with van der Waals surface area (Å²) in [5, 5.41) is 10.2. The van der Waals surface area contributed by atoms with Crippen molar-refractivity contribution in [2.24, 2.45) is 14.1 Å². The van der Waals surface area contributed by atoms with Gasteiger partial charge in [-0.25, -0.2) is 0 Å². The zero-order valence-corrected chi connectivity index (χ0v) is 30.2. The molecule has 2 aromatic heterocycles. The fourth-order valence-electron chi connectivity index (χ4n) is 9.37. The molecule has 0 aliphatic rings. The second-order valence-electron chi connectivity index (χ2n) is 14.5. The number of hydrogen-bond acceptors (Lipinski definition) is 0. The Balaban J connectivity index is 1.31. The number of fused-ring (bicyclic) bond motifs is 8. The Hall–Kier alpha value is -6.90. The van der Waals surface area contributed by atoms with E-state index in [0.717, 1.165) is 0 Å². The van der Waals surface area contributed by atoms with Crippen molar-refractivity contribution in [3.63, 3.8) is 0 Å². The Bertz CT molecular complexity index is 3110. The number of aryl methyl sites for hydroxylation is 2. The van der Waals surface area contributed by atoms with Crippen molar-refractivity contribution in [1.82, 2.24) is 9.13 Å². The van der Waals surface area contributed by atoms with Crippen LogP contribution in [0, 0.1) is 0 Å². The van der Waals surface area contributed by atoms with Crippen LogP contribution in [0.5, 0.6) is 0 Å². The van der Waals surface area contributed by atoms with Crippen LogP contribution in [0.3, 0.4) is 0 Å². The number of hydrogen-bond donors (Lipinski definition) is 0. The molecule has 0 saturated carbocycles. The van der Waals surface area contributed by atoms with Crippen LogP contribution in [0.1, 0.15) is 0 Å². The summed E-state index contributed by atoms with van der Waals surface area (Å²) in [5.41, 5.74) is 14.9. The molecular formula is C52H36N2. The first-order valence-corrected chi connectivity index (χ1v) is 18.7. The predicted molar refractivity (Wildman–Crippen MR) is 231 cm³/mol. The Labute approximate surface area is 313 Å². The highest BCUT2D eigenvalue weighted by atomic mass is 14.9. The smallest absolute Gasteiger partial charge is 0.0495 e. The van der Waals surface area contributed by atoms with Gasteiger partial charge in [0.1, 0.15) is 0 Å². The normalized spacial score (nSPS) is 11.9. The maximum absolute atomic E-state index is 2.48. The molecule has 0 fully saturated rings. The quantitative estimate of drug-likeness (QED) is 0.163. The van der Waals surface area contributed by atoms with Gasteiger partial charge in [0.05, 0.1) is 0 Å². The highest BCUT2D eigenvalue weighted by Gasteiger charge is 2.21. The minimum absolute atomic E-state index is 1.21. The molecule has 11 aromatic rings. The van der Waals surface area contributed by atoms with Crippen LogP contribution in [-0.2, 0) is 14.1 Å². The van der Waals surface area contributed by atoms with Gasteiger partial charge in [-0.2, -0.15) is 0 Å². The third kappa shape index (κ3) is 4.34. The lowest BCUT2D eigenvalue weighted by Gasteiger charge is -2.20. The summed E-state index contributed by atoms with van der Waals surface area (Å²) >= 11 is 0. The molecule has 0 N–H and O–H groups in total. The third-order valence-electron chi connectivity index (χ3n) is 11.8. The van der Waals surface area contributed by atoms with Gasteiger partial charge in [-0.15, -0.1) is 0 Å². The second-order valence-corrected chi connectivity index (χ2v) is 14.5. The van der Waals surface area contributed by atoms with E-state index < -0.39 is 0 Å². The zero-order valence-electron chi connectivity index (χ0n) is 30.2. The van der Waals surface area contributed by atoms with Crippen molar-refractivity contribution in [3.05, 3.63) is 182 Å². The average molecular weight is 689 g/mol. The number of rotatable bonds is 4. The summed E-state index contributed by atoms with van der Waals surface area (Å²) < 4.78 is 4.67. The highest BCUT2D eigenvalue weighted by Crippen LogP contribution is 2.48. The van der Waals surface area contributed by atoms with Crippen LogP contribution in [0.2, 0.25) is 0 Å². The monoisotopic (exact) mass is 688 g/mol. The fourth-order valence-corrected chi connectivity index (χ4v) is 9.37. The van der Waals surface area contributed by atoms with E-state index in [2.05, 4.69) is 205 Å². The maximum Gasteiger partial charge on any atom is 0.0495 e. The molecule has 0 spiro atoms. The predicted octanol–water partition coefficient (Wildman–Crippen LogP) is 14.0. The first-order valence-electron chi connectivity index (χ1n) is 18.7. The van der Waals surface area contributed by atoms with Gasteiger partial charge in [0.2, 0.25) is 0 Å². The molecule has 2 heterocycles. The summed E-state index contributed by atoms with van der Waals surface area (Å²) in [6.07, 6.45) is 0. The van der Waals surface area contributed by atoms with E-state index in [1.165, 1.54) is 110 Å². The number of nitrogens with zero attached hydrogens (tertiary/aromatic N) is 2. The summed E-state index contributed by atoms with van der Waals surface area (Å²) in [6.45, 7) is 0. The lowest BCUT2D eigenvalue weighted by molar-refractivity contribution is 1.01. The number of para-hydroxylation sites is 2. The lowest BCUT2D eigenvalue weighted by Crippen LogP contribution is -1.93. The van der Waals surface area contributed by atoms with Crippen LogP contribution in [-0.4, -0.2) is 9.13 Å². The van der Waals surface area contributed by atoms with Gasteiger partial charge >= 0.3 is 0 Å². The fraction of sp³-hybridized carbons (Fsp3) is 0.0385. The zero-order chi connectivity index (χ0) is 35.9. The topological polar surface area (TPSA) is 9.86 Å². The molecular weight excluding hydrogens is 653 g/mol. The van der Waals surface area contributed by atoms with Crippen LogP contribution < -0.4 is 0 Å². The van der Waals surface area contributed by atoms with E-state index in [1.54, 1.807) is 0 Å². The van der Waals surface area contributed by atoms with Gasteiger partial charge in [0, 0.05) is 57.7 Å². The Morgan fingerprint density at radius 3 is 1.22 bits per heavy atom. The molecule has 0 atom stereocenters. The van der Waals surface area contributed by atoms with E-state index in [-0.39, 0.29) is 0 Å². The van der Waals surface area contributed by atoms with Crippen LogP contribution >= 0.6 is 0 Å².